The van der Waals surface area contributed by atoms with Gasteiger partial charge in [0, 0.05) is 12.6 Å². The van der Waals surface area contributed by atoms with Crippen LogP contribution in [0, 0.1) is 5.92 Å². The van der Waals surface area contributed by atoms with Gasteiger partial charge in [-0.25, -0.2) is 0 Å². The third-order valence-electron chi connectivity index (χ3n) is 3.29. The molecule has 0 aliphatic heterocycles. The van der Waals surface area contributed by atoms with Crippen molar-refractivity contribution in [2.24, 2.45) is 5.92 Å². The van der Waals surface area contributed by atoms with Gasteiger partial charge in [0.2, 0.25) is 0 Å². The van der Waals surface area contributed by atoms with E-state index in [-0.39, 0.29) is 6.61 Å². The van der Waals surface area contributed by atoms with E-state index in [4.69, 9.17) is 9.52 Å². The molecule has 1 rings (SSSR count). The molecule has 1 aromatic rings. The Kier molecular flexibility index (Phi) is 6.44. The third kappa shape index (κ3) is 4.46. The van der Waals surface area contributed by atoms with E-state index < -0.39 is 0 Å². The minimum atomic E-state index is -0.0187. The number of hydrogen-bond donors (Lipinski definition) is 1. The lowest BCUT2D eigenvalue weighted by molar-refractivity contribution is 0.143. The molecule has 1 aromatic heterocycles. The number of aliphatic hydroxyl groups excluding tert-OH is 1. The highest BCUT2D eigenvalue weighted by molar-refractivity contribution is 5.06. The minimum Gasteiger partial charge on any atom is -0.462 e. The molecule has 18 heavy (non-hydrogen) atoms. The van der Waals surface area contributed by atoms with Gasteiger partial charge < -0.3 is 9.52 Å². The van der Waals surface area contributed by atoms with Gasteiger partial charge in [-0.2, -0.15) is 0 Å². The van der Waals surface area contributed by atoms with Crippen LogP contribution >= 0.6 is 0 Å². The van der Waals surface area contributed by atoms with Crippen LogP contribution in [0.1, 0.15) is 52.1 Å². The minimum absolute atomic E-state index is 0.0187. The third-order valence-corrected chi connectivity index (χ3v) is 3.29. The summed E-state index contributed by atoms with van der Waals surface area (Å²) in [7, 11) is 0. The maximum absolute atomic E-state index is 9.02. The predicted molar refractivity (Wildman–Crippen MR) is 74.2 cm³/mol. The summed E-state index contributed by atoms with van der Waals surface area (Å²) in [5.74, 6) is 2.25. The summed E-state index contributed by atoms with van der Waals surface area (Å²) >= 11 is 0. The van der Waals surface area contributed by atoms with Crippen LogP contribution in [0.2, 0.25) is 0 Å². The Morgan fingerprint density at radius 3 is 2.22 bits per heavy atom. The molecule has 0 saturated heterocycles. The van der Waals surface area contributed by atoms with Crippen LogP contribution in [0.5, 0.6) is 0 Å². The highest BCUT2D eigenvalue weighted by Gasteiger charge is 2.18. The van der Waals surface area contributed by atoms with Crippen molar-refractivity contribution in [3.8, 4) is 0 Å². The van der Waals surface area contributed by atoms with E-state index >= 15 is 0 Å². The molecule has 0 aliphatic carbocycles. The fourth-order valence-electron chi connectivity index (χ4n) is 2.41. The first-order valence-electron chi connectivity index (χ1n) is 7.03. The first-order chi connectivity index (χ1) is 8.60. The standard InChI is InChI=1S/C15H27NO2/c1-5-13(6-2)16(9-12(3)4)10-14-7-8-15(11-17)18-14/h7-8,12-13,17H,5-6,9-11H2,1-4H3. The molecule has 0 amide bonds. The molecular weight excluding hydrogens is 226 g/mol. The normalized spacial score (nSPS) is 12.0. The smallest absolute Gasteiger partial charge is 0.129 e. The van der Waals surface area contributed by atoms with E-state index in [1.807, 2.05) is 12.1 Å². The van der Waals surface area contributed by atoms with Gasteiger partial charge in [-0.3, -0.25) is 4.90 Å². The Balaban J connectivity index is 2.70. The lowest BCUT2D eigenvalue weighted by Crippen LogP contribution is -2.36. The lowest BCUT2D eigenvalue weighted by Gasteiger charge is -2.31. The van der Waals surface area contributed by atoms with Crippen LogP contribution in [0.25, 0.3) is 0 Å². The fraction of sp³-hybridized carbons (Fsp3) is 0.733. The Morgan fingerprint density at radius 1 is 1.17 bits per heavy atom. The van der Waals surface area contributed by atoms with Crippen LogP contribution in [0.15, 0.2) is 16.5 Å². The molecule has 3 heteroatoms. The highest BCUT2D eigenvalue weighted by Crippen LogP contribution is 2.17. The lowest BCUT2D eigenvalue weighted by atomic mass is 10.1. The van der Waals surface area contributed by atoms with Crippen molar-refractivity contribution in [1.82, 2.24) is 4.90 Å². The largest absolute Gasteiger partial charge is 0.462 e. The molecule has 0 unspecified atom stereocenters. The number of aliphatic hydroxyl groups is 1. The molecule has 0 aliphatic rings. The SMILES string of the molecule is CCC(CC)N(Cc1ccc(CO)o1)CC(C)C. The average Bonchev–Trinajstić information content (AvgIpc) is 2.77. The van der Waals surface area contributed by atoms with Crippen LogP contribution in [0.3, 0.4) is 0 Å². The molecule has 1 heterocycles. The number of hydrogen-bond acceptors (Lipinski definition) is 3. The van der Waals surface area contributed by atoms with Gasteiger partial charge in [0.1, 0.15) is 18.1 Å². The monoisotopic (exact) mass is 253 g/mol. The first-order valence-corrected chi connectivity index (χ1v) is 7.03. The summed E-state index contributed by atoms with van der Waals surface area (Å²) in [4.78, 5) is 2.49. The molecule has 0 fully saturated rings. The summed E-state index contributed by atoms with van der Waals surface area (Å²) in [6.45, 7) is 10.9. The van der Waals surface area contributed by atoms with Crippen molar-refractivity contribution < 1.29 is 9.52 Å². The molecule has 104 valence electrons. The second kappa shape index (κ2) is 7.59. The van der Waals surface area contributed by atoms with E-state index in [2.05, 4.69) is 32.6 Å². The summed E-state index contributed by atoms with van der Waals surface area (Å²) < 4.78 is 5.59. The fourth-order valence-corrected chi connectivity index (χ4v) is 2.41. The first kappa shape index (κ1) is 15.3. The quantitative estimate of drug-likeness (QED) is 0.771. The van der Waals surface area contributed by atoms with Crippen molar-refractivity contribution in [3.05, 3.63) is 23.7 Å². The van der Waals surface area contributed by atoms with Crippen molar-refractivity contribution in [1.29, 1.82) is 0 Å². The van der Waals surface area contributed by atoms with E-state index in [9.17, 15) is 0 Å². The Hall–Kier alpha value is -0.800. The summed E-state index contributed by atoms with van der Waals surface area (Å²) in [6.07, 6.45) is 2.33. The van der Waals surface area contributed by atoms with Gasteiger partial charge in [0.15, 0.2) is 0 Å². The molecule has 0 saturated carbocycles. The van der Waals surface area contributed by atoms with Crippen molar-refractivity contribution in [3.63, 3.8) is 0 Å². The van der Waals surface area contributed by atoms with Gasteiger partial charge in [0.25, 0.3) is 0 Å². The van der Waals surface area contributed by atoms with Crippen LogP contribution in [0.4, 0.5) is 0 Å². The Morgan fingerprint density at radius 2 is 1.78 bits per heavy atom. The predicted octanol–water partition coefficient (Wildman–Crippen LogP) is 3.42. The maximum atomic E-state index is 9.02. The zero-order valence-corrected chi connectivity index (χ0v) is 12.1. The average molecular weight is 253 g/mol. The molecule has 0 atom stereocenters. The van der Waals surface area contributed by atoms with E-state index in [1.54, 1.807) is 0 Å². The van der Waals surface area contributed by atoms with Gasteiger partial charge in [-0.15, -0.1) is 0 Å². The molecule has 1 N–H and O–H groups in total. The van der Waals surface area contributed by atoms with Gasteiger partial charge in [-0.1, -0.05) is 27.7 Å². The molecule has 0 bridgehead atoms. The zero-order chi connectivity index (χ0) is 13.5. The molecular formula is C15H27NO2. The number of furan rings is 1. The van der Waals surface area contributed by atoms with Crippen molar-refractivity contribution in [2.45, 2.75) is 59.7 Å². The molecule has 0 spiro atoms. The molecule has 0 aromatic carbocycles. The summed E-state index contributed by atoms with van der Waals surface area (Å²) in [5, 5.41) is 9.02. The van der Waals surface area contributed by atoms with E-state index in [0.717, 1.165) is 31.7 Å². The van der Waals surface area contributed by atoms with Gasteiger partial charge in [-0.05, 0) is 30.9 Å². The highest BCUT2D eigenvalue weighted by atomic mass is 16.4. The van der Waals surface area contributed by atoms with E-state index in [1.165, 1.54) is 0 Å². The van der Waals surface area contributed by atoms with Crippen LogP contribution < -0.4 is 0 Å². The van der Waals surface area contributed by atoms with Crippen molar-refractivity contribution in [2.75, 3.05) is 6.54 Å². The molecule has 0 radical (unpaired) electrons. The summed E-state index contributed by atoms with van der Waals surface area (Å²) in [6, 6.07) is 4.44. The topological polar surface area (TPSA) is 36.6 Å². The van der Waals surface area contributed by atoms with Gasteiger partial charge in [0.05, 0.1) is 6.54 Å². The summed E-state index contributed by atoms with van der Waals surface area (Å²) in [5.41, 5.74) is 0. The zero-order valence-electron chi connectivity index (χ0n) is 12.1. The second-order valence-corrected chi connectivity index (χ2v) is 5.32. The van der Waals surface area contributed by atoms with E-state index in [0.29, 0.717) is 17.7 Å². The van der Waals surface area contributed by atoms with Crippen LogP contribution in [-0.4, -0.2) is 22.6 Å². The second-order valence-electron chi connectivity index (χ2n) is 5.32. The van der Waals surface area contributed by atoms with Gasteiger partial charge >= 0.3 is 0 Å². The number of rotatable bonds is 8. The Labute approximate surface area is 111 Å². The maximum Gasteiger partial charge on any atom is 0.129 e. The molecule has 3 nitrogen and oxygen atoms in total. The Bertz CT molecular complexity index is 329. The van der Waals surface area contributed by atoms with Crippen LogP contribution in [-0.2, 0) is 13.2 Å². The number of nitrogens with zero attached hydrogens (tertiary/aromatic N) is 1. The van der Waals surface area contributed by atoms with Crippen molar-refractivity contribution >= 4 is 0 Å².